The zero-order valence-electron chi connectivity index (χ0n) is 17.7. The van der Waals surface area contributed by atoms with Gasteiger partial charge in [-0.05, 0) is 29.8 Å². The molecule has 0 aliphatic rings. The molecule has 0 bridgehead atoms. The van der Waals surface area contributed by atoms with Gasteiger partial charge >= 0.3 is 0 Å². The molecule has 3 aromatic rings. The first-order chi connectivity index (χ1) is 16.2. The van der Waals surface area contributed by atoms with Crippen molar-refractivity contribution in [3.05, 3.63) is 75.3 Å². The molecule has 1 heterocycles. The average molecular weight is 500 g/mol. The second-order valence-corrected chi connectivity index (χ2v) is 9.58. The topological polar surface area (TPSA) is 165 Å². The van der Waals surface area contributed by atoms with Crippen molar-refractivity contribution in [3.63, 3.8) is 0 Å². The van der Waals surface area contributed by atoms with Crippen molar-refractivity contribution in [3.8, 4) is 11.8 Å². The third-order valence-electron chi connectivity index (χ3n) is 4.42. The lowest BCUT2D eigenvalue weighted by Crippen LogP contribution is -2.13. The lowest BCUT2D eigenvalue weighted by atomic mass is 10.1. The number of hydrogen-bond donors (Lipinski definition) is 1. The Balaban J connectivity index is 1.67. The third kappa shape index (κ3) is 6.00. The molecular formula is C21H17N5O6S2. The number of nitrogens with one attached hydrogen (secondary N) is 1. The molecule has 0 aliphatic carbocycles. The first kappa shape index (κ1) is 24.5. The van der Waals surface area contributed by atoms with E-state index in [1.165, 1.54) is 19.1 Å². The van der Waals surface area contributed by atoms with Crippen molar-refractivity contribution in [2.45, 2.75) is 18.7 Å². The molecule has 1 N–H and O–H groups in total. The van der Waals surface area contributed by atoms with Gasteiger partial charge in [-0.1, -0.05) is 31.2 Å². The van der Waals surface area contributed by atoms with Gasteiger partial charge in [0.1, 0.15) is 24.0 Å². The van der Waals surface area contributed by atoms with Crippen molar-refractivity contribution >= 4 is 44.2 Å². The van der Waals surface area contributed by atoms with Crippen LogP contribution >= 0.6 is 11.5 Å². The summed E-state index contributed by atoms with van der Waals surface area (Å²) in [6.45, 7) is 1.45. The van der Waals surface area contributed by atoms with E-state index in [-0.39, 0.29) is 33.9 Å². The van der Waals surface area contributed by atoms with Crippen molar-refractivity contribution in [1.29, 1.82) is 5.26 Å². The number of nitrogens with zero attached hydrogens (tertiary/aromatic N) is 4. The maximum Gasteiger partial charge on any atom is 0.276 e. The lowest BCUT2D eigenvalue weighted by Gasteiger charge is -2.07. The maximum atomic E-state index is 12.4. The number of aromatic nitrogens is 2. The Kier molecular flexibility index (Phi) is 7.67. The minimum atomic E-state index is -3.61. The van der Waals surface area contributed by atoms with Crippen molar-refractivity contribution < 1.29 is 22.9 Å². The van der Waals surface area contributed by atoms with Gasteiger partial charge in [0.15, 0.2) is 0 Å². The highest BCUT2D eigenvalue weighted by Crippen LogP contribution is 2.22. The molecular weight excluding hydrogens is 482 g/mol. The summed E-state index contributed by atoms with van der Waals surface area (Å²) in [7, 11) is -3.61. The number of nitro groups is 1. The average Bonchev–Trinajstić information content (AvgIpc) is 3.31. The van der Waals surface area contributed by atoms with E-state index in [2.05, 4.69) is 14.7 Å². The van der Waals surface area contributed by atoms with Gasteiger partial charge < -0.3 is 4.74 Å². The summed E-state index contributed by atoms with van der Waals surface area (Å²) in [5.74, 6) is -0.504. The molecule has 0 fully saturated rings. The largest absolute Gasteiger partial charge is 0.489 e. The van der Waals surface area contributed by atoms with Crippen LogP contribution in [0.15, 0.2) is 59.3 Å². The number of nitriles is 1. The first-order valence-corrected chi connectivity index (χ1v) is 12.1. The summed E-state index contributed by atoms with van der Waals surface area (Å²) in [5.41, 5.74) is 0.674. The highest BCUT2D eigenvalue weighted by molar-refractivity contribution is 7.91. The van der Waals surface area contributed by atoms with Crippen LogP contribution in [0.4, 0.5) is 10.8 Å². The van der Waals surface area contributed by atoms with E-state index in [9.17, 15) is 28.6 Å². The van der Waals surface area contributed by atoms with Gasteiger partial charge in [0.05, 0.1) is 16.2 Å². The Morgan fingerprint density at radius 3 is 2.62 bits per heavy atom. The van der Waals surface area contributed by atoms with Crippen LogP contribution < -0.4 is 10.1 Å². The Morgan fingerprint density at radius 2 is 1.97 bits per heavy atom. The van der Waals surface area contributed by atoms with E-state index in [4.69, 9.17) is 4.74 Å². The molecule has 0 atom stereocenters. The monoisotopic (exact) mass is 499 g/mol. The number of benzene rings is 2. The Hall–Kier alpha value is -4.15. The first-order valence-electron chi connectivity index (χ1n) is 9.68. The number of para-hydroxylation sites is 1. The van der Waals surface area contributed by atoms with Crippen LogP contribution in [0.25, 0.3) is 6.08 Å². The number of sulfone groups is 1. The number of nitro benzene ring substituents is 1. The van der Waals surface area contributed by atoms with E-state index in [1.807, 2.05) is 0 Å². The molecule has 174 valence electrons. The van der Waals surface area contributed by atoms with Crippen LogP contribution in [0.2, 0.25) is 0 Å². The molecule has 3 rings (SSSR count). The van der Waals surface area contributed by atoms with E-state index >= 15 is 0 Å². The second kappa shape index (κ2) is 10.6. The van der Waals surface area contributed by atoms with Crippen molar-refractivity contribution in [1.82, 2.24) is 9.36 Å². The Bertz CT molecular complexity index is 1390. The highest BCUT2D eigenvalue weighted by atomic mass is 32.2. The predicted octanol–water partition coefficient (Wildman–Crippen LogP) is 3.36. The SMILES string of the molecule is CCS(=O)(=O)c1nsc(NC(=O)/C(C#N)=C\c2ccc(OCc3ccccc3[N+](=O)[O-])cc2)n1. The lowest BCUT2D eigenvalue weighted by molar-refractivity contribution is -0.385. The highest BCUT2D eigenvalue weighted by Gasteiger charge is 2.20. The van der Waals surface area contributed by atoms with Gasteiger partial charge in [0, 0.05) is 17.6 Å². The summed E-state index contributed by atoms with van der Waals surface area (Å²) in [5, 5.41) is 22.4. The molecule has 0 spiro atoms. The molecule has 0 aliphatic heterocycles. The fourth-order valence-corrected chi connectivity index (χ4v) is 4.21. The summed E-state index contributed by atoms with van der Waals surface area (Å²) < 4.78 is 32.9. The zero-order chi connectivity index (χ0) is 24.7. The van der Waals surface area contributed by atoms with Gasteiger partial charge in [0.2, 0.25) is 15.0 Å². The minimum Gasteiger partial charge on any atom is -0.489 e. The fraction of sp³-hybridized carbons (Fsp3) is 0.143. The smallest absolute Gasteiger partial charge is 0.276 e. The normalized spacial score (nSPS) is 11.5. The number of amides is 1. The molecule has 0 saturated carbocycles. The number of ether oxygens (including phenoxy) is 1. The third-order valence-corrected chi connectivity index (χ3v) is 6.67. The molecule has 34 heavy (non-hydrogen) atoms. The Morgan fingerprint density at radius 1 is 1.26 bits per heavy atom. The molecule has 0 radical (unpaired) electrons. The summed E-state index contributed by atoms with van der Waals surface area (Å²) in [6.07, 6.45) is 1.34. The number of anilines is 1. The van der Waals surface area contributed by atoms with E-state index in [0.29, 0.717) is 28.4 Å². The number of carbonyl (C=O) groups is 1. The van der Waals surface area contributed by atoms with E-state index < -0.39 is 20.7 Å². The summed E-state index contributed by atoms with van der Waals surface area (Å²) in [4.78, 5) is 26.8. The fourth-order valence-electron chi connectivity index (χ4n) is 2.63. The summed E-state index contributed by atoms with van der Waals surface area (Å²) in [6, 6.07) is 14.4. The van der Waals surface area contributed by atoms with Crippen molar-refractivity contribution in [2.24, 2.45) is 0 Å². The van der Waals surface area contributed by atoms with Crippen LogP contribution in [0.3, 0.4) is 0 Å². The number of hydrogen-bond acceptors (Lipinski definition) is 10. The number of rotatable bonds is 9. The number of carbonyl (C=O) groups excluding carboxylic acids is 1. The molecule has 11 nitrogen and oxygen atoms in total. The van der Waals surface area contributed by atoms with Crippen LogP contribution in [0, 0.1) is 21.4 Å². The maximum absolute atomic E-state index is 12.4. The molecule has 0 saturated heterocycles. The van der Waals surface area contributed by atoms with E-state index in [0.717, 1.165) is 0 Å². The second-order valence-electron chi connectivity index (χ2n) is 6.65. The van der Waals surface area contributed by atoms with Gasteiger partial charge in [-0.25, -0.2) is 8.42 Å². The van der Waals surface area contributed by atoms with Crippen LogP contribution in [-0.2, 0) is 21.2 Å². The van der Waals surface area contributed by atoms with Gasteiger partial charge in [-0.2, -0.15) is 14.6 Å². The Labute approximate surface area is 198 Å². The predicted molar refractivity (Wildman–Crippen MR) is 124 cm³/mol. The van der Waals surface area contributed by atoms with Crippen LogP contribution in [0.5, 0.6) is 5.75 Å². The van der Waals surface area contributed by atoms with E-state index in [1.54, 1.807) is 48.5 Å². The standard InChI is InChI=1S/C21H17N5O6S2/c1-2-34(30,31)21-24-20(33-25-21)23-19(27)16(12-22)11-14-7-9-17(10-8-14)32-13-15-5-3-4-6-18(15)26(28)29/h3-11H,2,13H2,1H3,(H,23,24,25,27)/b16-11-. The van der Waals surface area contributed by atoms with Gasteiger partial charge in [0.25, 0.3) is 16.8 Å². The molecule has 13 heteroatoms. The van der Waals surface area contributed by atoms with Gasteiger partial charge in [-0.3, -0.25) is 20.2 Å². The minimum absolute atomic E-state index is 0.00419. The summed E-state index contributed by atoms with van der Waals surface area (Å²) >= 11 is 0.695. The quantitative estimate of drug-likeness (QED) is 0.201. The zero-order valence-corrected chi connectivity index (χ0v) is 19.3. The molecule has 1 amide bonds. The van der Waals surface area contributed by atoms with Crippen LogP contribution in [0.1, 0.15) is 18.1 Å². The molecule has 2 aromatic carbocycles. The van der Waals surface area contributed by atoms with Crippen molar-refractivity contribution in [2.75, 3.05) is 11.1 Å². The van der Waals surface area contributed by atoms with Crippen LogP contribution in [-0.4, -0.2) is 34.4 Å². The van der Waals surface area contributed by atoms with Gasteiger partial charge in [-0.15, -0.1) is 0 Å². The molecule has 0 unspecified atom stereocenters. The molecule has 1 aromatic heterocycles.